The van der Waals surface area contributed by atoms with Gasteiger partial charge in [-0.3, -0.25) is 0 Å². The molecule has 20 heavy (non-hydrogen) atoms. The molecule has 106 valence electrons. The number of rotatable bonds is 4. The molecule has 0 N–H and O–H groups in total. The third kappa shape index (κ3) is 3.07. The van der Waals surface area contributed by atoms with Crippen LogP contribution in [0.4, 0.5) is 4.39 Å². The number of benzene rings is 2. The fourth-order valence-corrected chi connectivity index (χ4v) is 3.06. The summed E-state index contributed by atoms with van der Waals surface area (Å²) < 4.78 is 14.7. The molecule has 0 aliphatic heterocycles. The van der Waals surface area contributed by atoms with Crippen LogP contribution >= 0.6 is 27.5 Å². The van der Waals surface area contributed by atoms with Crippen molar-refractivity contribution in [1.82, 2.24) is 0 Å². The molecule has 0 heterocycles. The summed E-state index contributed by atoms with van der Waals surface area (Å²) in [5.74, 6) is -0.281. The second-order valence-electron chi connectivity index (χ2n) is 4.75. The molecule has 0 aliphatic rings. The molecule has 0 nitrogen and oxygen atoms in total. The molecule has 0 saturated carbocycles. The van der Waals surface area contributed by atoms with Crippen molar-refractivity contribution in [2.45, 2.75) is 32.1 Å². The highest BCUT2D eigenvalue weighted by Crippen LogP contribution is 2.35. The number of halogens is 3. The lowest BCUT2D eigenvalue weighted by Crippen LogP contribution is -2.02. The van der Waals surface area contributed by atoms with Gasteiger partial charge in [0.05, 0.1) is 9.85 Å². The highest BCUT2D eigenvalue weighted by atomic mass is 79.9. The standard InChI is InChI=1S/C17H17BrClF/c1-3-11-8-9-12(4-2)14(10-11)16(19)13-6-5-7-15(18)17(13)20/h5-10,16H,3-4H2,1-2H3. The quantitative estimate of drug-likeness (QED) is 0.586. The van der Waals surface area contributed by atoms with Crippen molar-refractivity contribution >= 4 is 27.5 Å². The highest BCUT2D eigenvalue weighted by Gasteiger charge is 2.19. The van der Waals surface area contributed by atoms with Gasteiger partial charge in [-0.2, -0.15) is 0 Å². The Hall–Kier alpha value is -0.860. The van der Waals surface area contributed by atoms with Gasteiger partial charge >= 0.3 is 0 Å². The lowest BCUT2D eigenvalue weighted by Gasteiger charge is -2.17. The number of hydrogen-bond acceptors (Lipinski definition) is 0. The molecular weight excluding hydrogens is 339 g/mol. The maximum atomic E-state index is 14.2. The SMILES string of the molecule is CCc1ccc(CC)c(C(Cl)c2cccc(Br)c2F)c1. The molecule has 1 unspecified atom stereocenters. The zero-order valence-corrected chi connectivity index (χ0v) is 13.9. The largest absolute Gasteiger partial charge is 0.205 e. The molecule has 0 saturated heterocycles. The van der Waals surface area contributed by atoms with Gasteiger partial charge in [-0.1, -0.05) is 44.2 Å². The average molecular weight is 356 g/mol. The first-order valence-electron chi connectivity index (χ1n) is 6.78. The highest BCUT2D eigenvalue weighted by molar-refractivity contribution is 9.10. The first kappa shape index (κ1) is 15.5. The Morgan fingerprint density at radius 2 is 1.85 bits per heavy atom. The van der Waals surface area contributed by atoms with Gasteiger partial charge in [-0.25, -0.2) is 4.39 Å². The summed E-state index contributed by atoms with van der Waals surface area (Å²) >= 11 is 9.78. The summed E-state index contributed by atoms with van der Waals surface area (Å²) in [6.45, 7) is 4.19. The van der Waals surface area contributed by atoms with Crippen LogP contribution in [0.5, 0.6) is 0 Å². The Morgan fingerprint density at radius 3 is 2.50 bits per heavy atom. The molecule has 3 heteroatoms. The predicted octanol–water partition coefficient (Wildman–Crippen LogP) is 6.04. The second kappa shape index (κ2) is 6.73. The predicted molar refractivity (Wildman–Crippen MR) is 87.0 cm³/mol. The van der Waals surface area contributed by atoms with Crippen LogP contribution in [-0.4, -0.2) is 0 Å². The summed E-state index contributed by atoms with van der Waals surface area (Å²) in [6.07, 6.45) is 1.83. The molecule has 0 spiro atoms. The van der Waals surface area contributed by atoms with Crippen molar-refractivity contribution in [3.63, 3.8) is 0 Å². The number of alkyl halides is 1. The molecule has 2 rings (SSSR count). The van der Waals surface area contributed by atoms with Gasteiger partial charge in [0.2, 0.25) is 0 Å². The Morgan fingerprint density at radius 1 is 1.10 bits per heavy atom. The van der Waals surface area contributed by atoms with E-state index in [9.17, 15) is 4.39 Å². The van der Waals surface area contributed by atoms with Gasteiger partial charge < -0.3 is 0 Å². The van der Waals surface area contributed by atoms with Crippen LogP contribution in [0.1, 0.15) is 41.5 Å². The van der Waals surface area contributed by atoms with E-state index in [2.05, 4.69) is 48.0 Å². The first-order chi connectivity index (χ1) is 9.58. The summed E-state index contributed by atoms with van der Waals surface area (Å²) in [7, 11) is 0. The van der Waals surface area contributed by atoms with E-state index < -0.39 is 5.38 Å². The summed E-state index contributed by atoms with van der Waals surface area (Å²) in [5, 5.41) is -0.464. The summed E-state index contributed by atoms with van der Waals surface area (Å²) in [4.78, 5) is 0. The van der Waals surface area contributed by atoms with Crippen LogP contribution in [0, 0.1) is 5.82 Å². The number of aryl methyl sites for hydroxylation is 2. The van der Waals surface area contributed by atoms with Gasteiger partial charge in [0, 0.05) is 5.56 Å². The van der Waals surface area contributed by atoms with Crippen molar-refractivity contribution in [2.75, 3.05) is 0 Å². The van der Waals surface area contributed by atoms with Crippen molar-refractivity contribution in [2.24, 2.45) is 0 Å². The van der Waals surface area contributed by atoms with Crippen molar-refractivity contribution in [3.8, 4) is 0 Å². The lowest BCUT2D eigenvalue weighted by molar-refractivity contribution is 0.605. The maximum Gasteiger partial charge on any atom is 0.142 e. The van der Waals surface area contributed by atoms with Gasteiger partial charge in [0.15, 0.2) is 0 Å². The van der Waals surface area contributed by atoms with Gasteiger partial charge in [-0.15, -0.1) is 11.6 Å². The van der Waals surface area contributed by atoms with Crippen molar-refractivity contribution in [3.05, 3.63) is 68.9 Å². The lowest BCUT2D eigenvalue weighted by atomic mass is 9.95. The van der Waals surface area contributed by atoms with Crippen LogP contribution in [0.3, 0.4) is 0 Å². The average Bonchev–Trinajstić information content (AvgIpc) is 2.48. The van der Waals surface area contributed by atoms with E-state index in [-0.39, 0.29) is 5.82 Å². The summed E-state index contributed by atoms with van der Waals surface area (Å²) in [5.41, 5.74) is 3.91. The molecule has 0 aromatic heterocycles. The van der Waals surface area contributed by atoms with E-state index in [1.165, 1.54) is 11.1 Å². The van der Waals surface area contributed by atoms with Gasteiger partial charge in [0.1, 0.15) is 5.82 Å². The van der Waals surface area contributed by atoms with Crippen LogP contribution in [0.15, 0.2) is 40.9 Å². The zero-order chi connectivity index (χ0) is 14.7. The maximum absolute atomic E-state index is 14.2. The van der Waals surface area contributed by atoms with Crippen LogP contribution in [0.25, 0.3) is 0 Å². The molecule has 0 amide bonds. The fourth-order valence-electron chi connectivity index (χ4n) is 2.31. The fraction of sp³-hybridized carbons (Fsp3) is 0.294. The Balaban J connectivity index is 2.51. The normalized spacial score (nSPS) is 12.4. The number of hydrogen-bond donors (Lipinski definition) is 0. The smallest absolute Gasteiger partial charge is 0.142 e. The summed E-state index contributed by atoms with van der Waals surface area (Å²) in [6, 6.07) is 11.5. The Bertz CT molecular complexity index is 610. The molecular formula is C17H17BrClF. The van der Waals surface area contributed by atoms with E-state index in [4.69, 9.17) is 11.6 Å². The third-order valence-electron chi connectivity index (χ3n) is 3.53. The van der Waals surface area contributed by atoms with Gasteiger partial charge in [0.25, 0.3) is 0 Å². The minimum absolute atomic E-state index is 0.281. The second-order valence-corrected chi connectivity index (χ2v) is 6.04. The molecule has 0 bridgehead atoms. The molecule has 0 fully saturated rings. The molecule has 0 radical (unpaired) electrons. The van der Waals surface area contributed by atoms with Crippen LogP contribution in [0.2, 0.25) is 0 Å². The molecule has 2 aromatic rings. The van der Waals surface area contributed by atoms with Crippen LogP contribution in [-0.2, 0) is 12.8 Å². The van der Waals surface area contributed by atoms with Crippen LogP contribution < -0.4 is 0 Å². The van der Waals surface area contributed by atoms with E-state index in [0.29, 0.717) is 10.0 Å². The monoisotopic (exact) mass is 354 g/mol. The van der Waals surface area contributed by atoms with E-state index in [0.717, 1.165) is 18.4 Å². The zero-order valence-electron chi connectivity index (χ0n) is 11.6. The first-order valence-corrected chi connectivity index (χ1v) is 8.01. The molecule has 1 atom stereocenters. The van der Waals surface area contributed by atoms with Crippen molar-refractivity contribution in [1.29, 1.82) is 0 Å². The topological polar surface area (TPSA) is 0 Å². The minimum Gasteiger partial charge on any atom is -0.205 e. The molecule has 0 aliphatic carbocycles. The Labute approximate surface area is 133 Å². The minimum atomic E-state index is -0.464. The van der Waals surface area contributed by atoms with Crippen molar-refractivity contribution < 1.29 is 4.39 Å². The van der Waals surface area contributed by atoms with E-state index in [1.54, 1.807) is 12.1 Å². The Kier molecular flexibility index (Phi) is 5.22. The molecule has 2 aromatic carbocycles. The van der Waals surface area contributed by atoms with Gasteiger partial charge in [-0.05, 0) is 51.5 Å². The third-order valence-corrected chi connectivity index (χ3v) is 4.61. The van der Waals surface area contributed by atoms with E-state index >= 15 is 0 Å². The van der Waals surface area contributed by atoms with E-state index in [1.807, 2.05) is 6.07 Å².